The number of fused-ring (bicyclic) bond motifs is 1. The number of nitrogens with zero attached hydrogens (tertiary/aromatic N) is 3. The molecule has 4 aromatic rings. The number of benzene rings is 2. The number of hydrogen-bond acceptors (Lipinski definition) is 4. The molecule has 1 N–H and O–H groups in total. The maximum Gasteiger partial charge on any atom is 0.274 e. The molecule has 26 heavy (non-hydrogen) atoms. The Kier molecular flexibility index (Phi) is 4.34. The minimum absolute atomic E-state index is 0.312. The van der Waals surface area contributed by atoms with Crippen molar-refractivity contribution in [2.24, 2.45) is 0 Å². The van der Waals surface area contributed by atoms with Gasteiger partial charge < -0.3 is 14.4 Å². The molecule has 0 amide bonds. The fourth-order valence-electron chi connectivity index (χ4n) is 2.85. The zero-order chi connectivity index (χ0) is 18.3. The van der Waals surface area contributed by atoms with Crippen LogP contribution in [0.4, 0.5) is 4.39 Å². The Bertz CT molecular complexity index is 1070. The molecule has 7 heteroatoms. The van der Waals surface area contributed by atoms with Crippen LogP contribution in [0.5, 0.6) is 0 Å². The minimum Gasteiger partial charge on any atom is -0.350 e. The highest BCUT2D eigenvalue weighted by Crippen LogP contribution is 2.29. The molecule has 0 saturated carbocycles. The summed E-state index contributed by atoms with van der Waals surface area (Å²) in [7, 11) is 4.06. The van der Waals surface area contributed by atoms with Gasteiger partial charge in [0.25, 0.3) is 5.89 Å². The lowest BCUT2D eigenvalue weighted by molar-refractivity contribution is 0.402. The van der Waals surface area contributed by atoms with Crippen molar-refractivity contribution in [1.82, 2.24) is 20.0 Å². The largest absolute Gasteiger partial charge is 0.350 e. The average Bonchev–Trinajstić information content (AvgIpc) is 3.21. The quantitative estimate of drug-likeness (QED) is 0.518. The first-order valence-electron chi connectivity index (χ1n) is 8.05. The molecule has 5 nitrogen and oxygen atoms in total. The summed E-state index contributed by atoms with van der Waals surface area (Å²) in [6, 6.07) is 12.9. The molecular weight excluding hydrogens is 399 g/mol. The number of rotatable bonds is 4. The summed E-state index contributed by atoms with van der Waals surface area (Å²) in [4.78, 5) is 9.66. The van der Waals surface area contributed by atoms with E-state index in [1.807, 2.05) is 44.4 Å². The smallest absolute Gasteiger partial charge is 0.274 e. The molecule has 4 rings (SSSR count). The van der Waals surface area contributed by atoms with E-state index < -0.39 is 0 Å². The molecule has 0 fully saturated rings. The van der Waals surface area contributed by atoms with Crippen LogP contribution in [0.2, 0.25) is 0 Å². The Labute approximate surface area is 158 Å². The second kappa shape index (κ2) is 6.66. The Morgan fingerprint density at radius 3 is 2.65 bits per heavy atom. The summed E-state index contributed by atoms with van der Waals surface area (Å²) in [6.45, 7) is 0.869. The van der Waals surface area contributed by atoms with E-state index in [4.69, 9.17) is 4.52 Å². The Morgan fingerprint density at radius 1 is 1.15 bits per heavy atom. The van der Waals surface area contributed by atoms with Gasteiger partial charge in [-0.15, -0.1) is 0 Å². The molecule has 0 aliphatic heterocycles. The first-order valence-corrected chi connectivity index (χ1v) is 8.85. The topological polar surface area (TPSA) is 58.0 Å². The van der Waals surface area contributed by atoms with Crippen LogP contribution in [0.15, 0.2) is 51.5 Å². The van der Waals surface area contributed by atoms with Gasteiger partial charge in [0.2, 0.25) is 5.82 Å². The first-order chi connectivity index (χ1) is 12.5. The van der Waals surface area contributed by atoms with E-state index in [0.29, 0.717) is 32.8 Å². The molecule has 2 aromatic carbocycles. The van der Waals surface area contributed by atoms with Gasteiger partial charge in [0, 0.05) is 22.0 Å². The van der Waals surface area contributed by atoms with E-state index in [9.17, 15) is 4.39 Å². The number of halogens is 2. The zero-order valence-corrected chi connectivity index (χ0v) is 15.8. The third-order valence-corrected chi connectivity index (χ3v) is 4.48. The summed E-state index contributed by atoms with van der Waals surface area (Å²) in [5, 5.41) is 4.53. The van der Waals surface area contributed by atoms with E-state index in [1.165, 1.54) is 11.6 Å². The van der Waals surface area contributed by atoms with Crippen LogP contribution in [0.3, 0.4) is 0 Å². The van der Waals surface area contributed by atoms with Crippen LogP contribution >= 0.6 is 15.9 Å². The number of H-pyrrole nitrogens is 1. The molecule has 132 valence electrons. The molecule has 0 atom stereocenters. The van der Waals surface area contributed by atoms with Gasteiger partial charge in [-0.05, 0) is 37.9 Å². The molecule has 0 spiro atoms. The normalized spacial score (nSPS) is 11.6. The second-order valence-corrected chi connectivity index (χ2v) is 7.31. The van der Waals surface area contributed by atoms with Crippen molar-refractivity contribution in [3.05, 3.63) is 58.3 Å². The number of hydrogen-bond donors (Lipinski definition) is 1. The Morgan fingerprint density at radius 2 is 1.92 bits per heavy atom. The fraction of sp³-hybridized carbons (Fsp3) is 0.158. The summed E-state index contributed by atoms with van der Waals surface area (Å²) >= 11 is 3.29. The van der Waals surface area contributed by atoms with Gasteiger partial charge in [-0.25, -0.2) is 4.39 Å². The van der Waals surface area contributed by atoms with Gasteiger partial charge in [0.1, 0.15) is 11.5 Å². The predicted molar refractivity (Wildman–Crippen MR) is 102 cm³/mol. The van der Waals surface area contributed by atoms with Crippen molar-refractivity contribution < 1.29 is 8.91 Å². The number of nitrogens with one attached hydrogen (secondary N) is 1. The van der Waals surface area contributed by atoms with E-state index in [-0.39, 0.29) is 5.82 Å². The number of aromatic amines is 1. The second-order valence-electron chi connectivity index (χ2n) is 6.39. The van der Waals surface area contributed by atoms with Gasteiger partial charge in [-0.2, -0.15) is 4.98 Å². The average molecular weight is 415 g/mol. The Hall–Kier alpha value is -2.51. The van der Waals surface area contributed by atoms with Gasteiger partial charge in [-0.3, -0.25) is 0 Å². The van der Waals surface area contributed by atoms with Crippen molar-refractivity contribution in [3.8, 4) is 23.0 Å². The molecular formula is C19H16BrFN4O. The third kappa shape index (κ3) is 3.27. The molecule has 0 saturated heterocycles. The van der Waals surface area contributed by atoms with Gasteiger partial charge in [0.15, 0.2) is 0 Å². The van der Waals surface area contributed by atoms with Gasteiger partial charge in [0.05, 0.1) is 5.52 Å². The third-order valence-electron chi connectivity index (χ3n) is 4.02. The molecule has 2 heterocycles. The predicted octanol–water partition coefficient (Wildman–Crippen LogP) is 4.85. The highest BCUT2D eigenvalue weighted by Gasteiger charge is 2.15. The SMILES string of the molecule is CN(C)Cc1ccc(-c2noc(-c3cc4c(F)cc(Br)cc4[nH]3)n2)cc1. The van der Waals surface area contributed by atoms with Crippen molar-refractivity contribution in [2.75, 3.05) is 14.1 Å². The molecule has 2 aromatic heterocycles. The van der Waals surface area contributed by atoms with Crippen LogP contribution in [0, 0.1) is 5.82 Å². The molecule has 0 unspecified atom stereocenters. The standard InChI is InChI=1S/C19H16BrFN4O/c1-25(2)10-11-3-5-12(6-4-11)18-23-19(26-24-18)17-9-14-15(21)7-13(20)8-16(14)22-17/h3-9,22H,10H2,1-2H3. The monoisotopic (exact) mass is 414 g/mol. The summed E-state index contributed by atoms with van der Waals surface area (Å²) in [6.07, 6.45) is 0. The minimum atomic E-state index is -0.312. The van der Waals surface area contributed by atoms with Crippen molar-refractivity contribution >= 4 is 26.8 Å². The molecule has 0 radical (unpaired) electrons. The van der Waals surface area contributed by atoms with Crippen LogP contribution < -0.4 is 0 Å². The van der Waals surface area contributed by atoms with E-state index in [0.717, 1.165) is 12.1 Å². The highest BCUT2D eigenvalue weighted by atomic mass is 79.9. The van der Waals surface area contributed by atoms with Crippen LogP contribution in [-0.2, 0) is 6.54 Å². The fourth-order valence-corrected chi connectivity index (χ4v) is 3.28. The maximum absolute atomic E-state index is 14.1. The van der Waals surface area contributed by atoms with Crippen molar-refractivity contribution in [1.29, 1.82) is 0 Å². The van der Waals surface area contributed by atoms with E-state index >= 15 is 0 Å². The van der Waals surface area contributed by atoms with E-state index in [1.54, 1.807) is 6.07 Å². The maximum atomic E-state index is 14.1. The molecule has 0 aliphatic rings. The van der Waals surface area contributed by atoms with Gasteiger partial charge >= 0.3 is 0 Å². The lowest BCUT2D eigenvalue weighted by atomic mass is 10.1. The van der Waals surface area contributed by atoms with Crippen LogP contribution in [0.1, 0.15) is 5.56 Å². The Balaban J connectivity index is 1.65. The van der Waals surface area contributed by atoms with Crippen molar-refractivity contribution in [2.45, 2.75) is 6.54 Å². The first kappa shape index (κ1) is 16.9. The lowest BCUT2D eigenvalue weighted by Gasteiger charge is -2.09. The lowest BCUT2D eigenvalue weighted by Crippen LogP contribution is -2.10. The van der Waals surface area contributed by atoms with Crippen LogP contribution in [0.25, 0.3) is 33.9 Å². The van der Waals surface area contributed by atoms with Crippen molar-refractivity contribution in [3.63, 3.8) is 0 Å². The van der Waals surface area contributed by atoms with E-state index in [2.05, 4.69) is 36.0 Å². The number of aromatic nitrogens is 3. The van der Waals surface area contributed by atoms with Crippen LogP contribution in [-0.4, -0.2) is 34.1 Å². The highest BCUT2D eigenvalue weighted by molar-refractivity contribution is 9.10. The zero-order valence-electron chi connectivity index (χ0n) is 14.3. The van der Waals surface area contributed by atoms with Gasteiger partial charge in [-0.1, -0.05) is 45.4 Å². The summed E-state index contributed by atoms with van der Waals surface area (Å²) in [5.74, 6) is 0.508. The summed E-state index contributed by atoms with van der Waals surface area (Å²) in [5.41, 5.74) is 3.33. The molecule has 0 bridgehead atoms. The summed E-state index contributed by atoms with van der Waals surface area (Å²) < 4.78 is 20.1. The molecule has 0 aliphatic carbocycles.